The van der Waals surface area contributed by atoms with Crippen LogP contribution >= 0.6 is 11.6 Å². The Morgan fingerprint density at radius 3 is 2.83 bits per heavy atom. The van der Waals surface area contributed by atoms with Gasteiger partial charge in [0.2, 0.25) is 0 Å². The monoisotopic (exact) mass is 186 g/mol. The Bertz CT molecular complexity index is 314. The first-order valence-corrected chi connectivity index (χ1v) is 3.61. The van der Waals surface area contributed by atoms with Gasteiger partial charge in [0.15, 0.2) is 5.69 Å². The van der Waals surface area contributed by atoms with E-state index in [1.54, 1.807) is 0 Å². The van der Waals surface area contributed by atoms with Gasteiger partial charge in [0.05, 0.1) is 0 Å². The minimum Gasteiger partial charge on any atom is -0.477 e. The van der Waals surface area contributed by atoms with Crippen LogP contribution < -0.4 is 5.73 Å². The van der Waals surface area contributed by atoms with Crippen LogP contribution in [0.2, 0.25) is 5.02 Å². The lowest BCUT2D eigenvalue weighted by Gasteiger charge is -2.02. The second-order valence-electron chi connectivity index (χ2n) is 2.13. The molecule has 1 aromatic rings. The molecule has 0 saturated heterocycles. The van der Waals surface area contributed by atoms with Crippen molar-refractivity contribution in [2.24, 2.45) is 5.73 Å². The standard InChI is InChI=1S/C7H7ClN2O2/c8-5-1-2-10-6(7(11)12)4(5)3-9/h1-2H,3,9H2,(H,11,12). The van der Waals surface area contributed by atoms with Gasteiger partial charge in [0.1, 0.15) is 0 Å². The summed E-state index contributed by atoms with van der Waals surface area (Å²) in [5, 5.41) is 8.98. The highest BCUT2D eigenvalue weighted by atomic mass is 35.5. The number of aromatic carboxylic acids is 1. The average Bonchev–Trinajstić information content (AvgIpc) is 2.03. The minimum absolute atomic E-state index is 0.0777. The number of carboxylic acids is 1. The predicted molar refractivity (Wildman–Crippen MR) is 44.1 cm³/mol. The van der Waals surface area contributed by atoms with E-state index in [4.69, 9.17) is 22.4 Å². The first-order chi connectivity index (χ1) is 5.66. The summed E-state index contributed by atoms with van der Waals surface area (Å²) in [5.41, 5.74) is 5.59. The first kappa shape index (κ1) is 8.96. The third-order valence-electron chi connectivity index (χ3n) is 1.41. The quantitative estimate of drug-likeness (QED) is 0.719. The maximum Gasteiger partial charge on any atom is 0.354 e. The van der Waals surface area contributed by atoms with Gasteiger partial charge in [-0.25, -0.2) is 9.78 Å². The van der Waals surface area contributed by atoms with Crippen molar-refractivity contribution in [3.05, 3.63) is 28.5 Å². The molecule has 5 heteroatoms. The van der Waals surface area contributed by atoms with Crippen LogP contribution in [0.25, 0.3) is 0 Å². The van der Waals surface area contributed by atoms with Gasteiger partial charge in [-0.15, -0.1) is 0 Å². The van der Waals surface area contributed by atoms with Crippen molar-refractivity contribution in [1.29, 1.82) is 0 Å². The molecule has 0 aliphatic heterocycles. The summed E-state index contributed by atoms with van der Waals surface area (Å²) in [6, 6.07) is 1.51. The Morgan fingerprint density at radius 1 is 1.75 bits per heavy atom. The molecule has 1 aromatic heterocycles. The zero-order valence-corrected chi connectivity index (χ0v) is 6.88. The van der Waals surface area contributed by atoms with Crippen LogP contribution in [-0.4, -0.2) is 16.1 Å². The van der Waals surface area contributed by atoms with Crippen molar-refractivity contribution < 1.29 is 9.90 Å². The van der Waals surface area contributed by atoms with Gasteiger partial charge in [-0.05, 0) is 6.07 Å². The zero-order chi connectivity index (χ0) is 9.14. The van der Waals surface area contributed by atoms with E-state index >= 15 is 0 Å². The Hall–Kier alpha value is -1.13. The number of nitrogens with two attached hydrogens (primary N) is 1. The molecule has 0 atom stereocenters. The Labute approximate surface area is 74.0 Å². The van der Waals surface area contributed by atoms with E-state index in [-0.39, 0.29) is 12.2 Å². The lowest BCUT2D eigenvalue weighted by atomic mass is 10.2. The summed E-state index contributed by atoms with van der Waals surface area (Å²) in [5.74, 6) is -1.11. The zero-order valence-electron chi connectivity index (χ0n) is 6.12. The fourth-order valence-electron chi connectivity index (χ4n) is 0.847. The Morgan fingerprint density at radius 2 is 2.42 bits per heavy atom. The average molecular weight is 187 g/mol. The molecule has 0 bridgehead atoms. The molecule has 0 radical (unpaired) electrons. The Balaban J connectivity index is 3.27. The van der Waals surface area contributed by atoms with Crippen molar-refractivity contribution >= 4 is 17.6 Å². The summed E-state index contributed by atoms with van der Waals surface area (Å²) >= 11 is 5.69. The second kappa shape index (κ2) is 3.51. The Kier molecular flexibility index (Phi) is 2.62. The van der Waals surface area contributed by atoms with Crippen LogP contribution in [0, 0.1) is 0 Å². The topological polar surface area (TPSA) is 76.2 Å². The molecular formula is C7H7ClN2O2. The molecule has 12 heavy (non-hydrogen) atoms. The van der Waals surface area contributed by atoms with Crippen molar-refractivity contribution in [3.63, 3.8) is 0 Å². The van der Waals surface area contributed by atoms with E-state index in [0.717, 1.165) is 0 Å². The van der Waals surface area contributed by atoms with Crippen LogP contribution in [0.15, 0.2) is 12.3 Å². The van der Waals surface area contributed by atoms with Gasteiger partial charge in [0, 0.05) is 23.3 Å². The van der Waals surface area contributed by atoms with Crippen LogP contribution in [0.4, 0.5) is 0 Å². The maximum atomic E-state index is 10.6. The smallest absolute Gasteiger partial charge is 0.354 e. The highest BCUT2D eigenvalue weighted by Gasteiger charge is 2.12. The number of pyridine rings is 1. The second-order valence-corrected chi connectivity index (χ2v) is 2.54. The van der Waals surface area contributed by atoms with Crippen molar-refractivity contribution in [3.8, 4) is 0 Å². The van der Waals surface area contributed by atoms with E-state index in [0.29, 0.717) is 10.6 Å². The fraction of sp³-hybridized carbons (Fsp3) is 0.143. The molecule has 0 aliphatic carbocycles. The van der Waals surface area contributed by atoms with Crippen LogP contribution in [-0.2, 0) is 6.54 Å². The highest BCUT2D eigenvalue weighted by molar-refractivity contribution is 6.31. The molecule has 0 unspecified atom stereocenters. The van der Waals surface area contributed by atoms with Gasteiger partial charge in [0.25, 0.3) is 0 Å². The number of aromatic nitrogens is 1. The van der Waals surface area contributed by atoms with Crippen LogP contribution in [0.3, 0.4) is 0 Å². The van der Waals surface area contributed by atoms with Gasteiger partial charge in [-0.3, -0.25) is 0 Å². The van der Waals surface area contributed by atoms with Crippen molar-refractivity contribution in [2.45, 2.75) is 6.54 Å². The number of hydrogen-bond donors (Lipinski definition) is 2. The largest absolute Gasteiger partial charge is 0.477 e. The normalized spacial score (nSPS) is 9.83. The molecule has 1 heterocycles. The van der Waals surface area contributed by atoms with E-state index in [1.165, 1.54) is 12.3 Å². The third-order valence-corrected chi connectivity index (χ3v) is 1.76. The molecule has 0 spiro atoms. The minimum atomic E-state index is -1.11. The van der Waals surface area contributed by atoms with Crippen molar-refractivity contribution in [1.82, 2.24) is 4.98 Å². The molecule has 0 aromatic carbocycles. The van der Waals surface area contributed by atoms with Gasteiger partial charge >= 0.3 is 5.97 Å². The summed E-state index contributed by atoms with van der Waals surface area (Å²) in [4.78, 5) is 14.2. The number of hydrogen-bond acceptors (Lipinski definition) is 3. The molecule has 0 fully saturated rings. The number of nitrogens with zero attached hydrogens (tertiary/aromatic N) is 1. The van der Waals surface area contributed by atoms with Crippen molar-refractivity contribution in [2.75, 3.05) is 0 Å². The first-order valence-electron chi connectivity index (χ1n) is 3.23. The number of rotatable bonds is 2. The summed E-state index contributed by atoms with van der Waals surface area (Å²) in [6.45, 7) is 0.0777. The fourth-order valence-corrected chi connectivity index (χ4v) is 1.07. The van der Waals surface area contributed by atoms with Gasteiger partial charge in [-0.2, -0.15) is 0 Å². The number of carboxylic acid groups (broad SMARTS) is 1. The summed E-state index contributed by atoms with van der Waals surface area (Å²) in [6.07, 6.45) is 1.34. The number of halogens is 1. The lowest BCUT2D eigenvalue weighted by molar-refractivity contribution is 0.0689. The molecule has 64 valence electrons. The predicted octanol–water partition coefficient (Wildman–Crippen LogP) is 0.892. The third kappa shape index (κ3) is 1.54. The molecule has 0 saturated carbocycles. The molecule has 0 aliphatic rings. The van der Waals surface area contributed by atoms with Crippen LogP contribution in [0.1, 0.15) is 16.1 Å². The van der Waals surface area contributed by atoms with Gasteiger partial charge < -0.3 is 10.8 Å². The maximum absolute atomic E-state index is 10.6. The molecular weight excluding hydrogens is 180 g/mol. The molecule has 1 rings (SSSR count). The number of carbonyl (C=O) groups is 1. The summed E-state index contributed by atoms with van der Waals surface area (Å²) in [7, 11) is 0. The highest BCUT2D eigenvalue weighted by Crippen LogP contribution is 2.16. The van der Waals surface area contributed by atoms with Crippen LogP contribution in [0.5, 0.6) is 0 Å². The van der Waals surface area contributed by atoms with E-state index in [2.05, 4.69) is 4.98 Å². The van der Waals surface area contributed by atoms with E-state index < -0.39 is 5.97 Å². The summed E-state index contributed by atoms with van der Waals surface area (Å²) < 4.78 is 0. The van der Waals surface area contributed by atoms with E-state index in [1.807, 2.05) is 0 Å². The lowest BCUT2D eigenvalue weighted by Crippen LogP contribution is -2.09. The molecule has 3 N–H and O–H groups in total. The molecule has 0 amide bonds. The SMILES string of the molecule is NCc1c(Cl)ccnc1C(=O)O. The van der Waals surface area contributed by atoms with E-state index in [9.17, 15) is 4.79 Å². The van der Waals surface area contributed by atoms with Gasteiger partial charge in [-0.1, -0.05) is 11.6 Å². The molecule has 4 nitrogen and oxygen atoms in total.